The standard InChI is InChI=1S/C22H27NO2/c1-4-18(3)23(16-19-8-6-5-7-9-19)22(25)15-14-21(24)20-12-10-17(2)11-13-20/h5-13,18H,4,14-16H2,1-3H3. The molecule has 0 fully saturated rings. The predicted octanol–water partition coefficient (Wildman–Crippen LogP) is 4.79. The van der Waals surface area contributed by atoms with Crippen LogP contribution < -0.4 is 0 Å². The molecule has 0 aliphatic heterocycles. The fourth-order valence-corrected chi connectivity index (χ4v) is 2.74. The molecule has 2 aromatic rings. The summed E-state index contributed by atoms with van der Waals surface area (Å²) in [7, 11) is 0. The first-order chi connectivity index (χ1) is 12.0. The van der Waals surface area contributed by atoms with Gasteiger partial charge in [0.2, 0.25) is 5.91 Å². The maximum absolute atomic E-state index is 12.7. The van der Waals surface area contributed by atoms with Crippen molar-refractivity contribution in [3.05, 3.63) is 71.3 Å². The summed E-state index contributed by atoms with van der Waals surface area (Å²) in [5, 5.41) is 0. The van der Waals surface area contributed by atoms with Crippen molar-refractivity contribution in [2.24, 2.45) is 0 Å². The van der Waals surface area contributed by atoms with Gasteiger partial charge in [-0.05, 0) is 25.8 Å². The number of hydrogen-bond acceptors (Lipinski definition) is 2. The first-order valence-corrected chi connectivity index (χ1v) is 8.94. The smallest absolute Gasteiger partial charge is 0.223 e. The highest BCUT2D eigenvalue weighted by atomic mass is 16.2. The number of carbonyl (C=O) groups is 2. The molecule has 2 aromatic carbocycles. The second kappa shape index (κ2) is 9.16. The number of ketones is 1. The van der Waals surface area contributed by atoms with E-state index in [1.54, 1.807) is 0 Å². The van der Waals surface area contributed by atoms with Crippen molar-refractivity contribution in [3.63, 3.8) is 0 Å². The Kier molecular flexibility index (Phi) is 6.93. The van der Waals surface area contributed by atoms with Crippen LogP contribution in [0.15, 0.2) is 54.6 Å². The van der Waals surface area contributed by atoms with E-state index >= 15 is 0 Å². The van der Waals surface area contributed by atoms with Gasteiger partial charge < -0.3 is 4.90 Å². The average Bonchev–Trinajstić information content (AvgIpc) is 2.64. The largest absolute Gasteiger partial charge is 0.336 e. The molecule has 1 atom stereocenters. The zero-order chi connectivity index (χ0) is 18.2. The first kappa shape index (κ1) is 18.9. The third-order valence-electron chi connectivity index (χ3n) is 4.58. The van der Waals surface area contributed by atoms with E-state index in [0.29, 0.717) is 12.1 Å². The van der Waals surface area contributed by atoms with Crippen LogP contribution in [0.25, 0.3) is 0 Å². The minimum atomic E-state index is 0.0252. The van der Waals surface area contributed by atoms with Gasteiger partial charge in [0.25, 0.3) is 0 Å². The van der Waals surface area contributed by atoms with Crippen molar-refractivity contribution >= 4 is 11.7 Å². The molecule has 0 aromatic heterocycles. The molecule has 2 rings (SSSR count). The molecule has 1 amide bonds. The van der Waals surface area contributed by atoms with Gasteiger partial charge >= 0.3 is 0 Å². The second-order valence-electron chi connectivity index (χ2n) is 6.55. The summed E-state index contributed by atoms with van der Waals surface area (Å²) in [5.41, 5.74) is 2.91. The minimum Gasteiger partial charge on any atom is -0.336 e. The quantitative estimate of drug-likeness (QED) is 0.650. The lowest BCUT2D eigenvalue weighted by molar-refractivity contribution is -0.134. The van der Waals surface area contributed by atoms with Gasteiger partial charge in [0, 0.05) is 31.0 Å². The first-order valence-electron chi connectivity index (χ1n) is 8.94. The van der Waals surface area contributed by atoms with Crippen molar-refractivity contribution in [3.8, 4) is 0 Å². The van der Waals surface area contributed by atoms with Crippen LogP contribution in [0, 0.1) is 6.92 Å². The number of aryl methyl sites for hydroxylation is 1. The molecule has 0 radical (unpaired) electrons. The molecule has 0 saturated carbocycles. The Morgan fingerprint density at radius 3 is 2.20 bits per heavy atom. The maximum atomic E-state index is 12.7. The summed E-state index contributed by atoms with van der Waals surface area (Å²) >= 11 is 0. The fourth-order valence-electron chi connectivity index (χ4n) is 2.74. The molecular weight excluding hydrogens is 310 g/mol. The minimum absolute atomic E-state index is 0.0252. The number of nitrogens with zero attached hydrogens (tertiary/aromatic N) is 1. The van der Waals surface area contributed by atoms with E-state index in [1.165, 1.54) is 0 Å². The molecule has 0 spiro atoms. The zero-order valence-electron chi connectivity index (χ0n) is 15.4. The molecule has 3 heteroatoms. The topological polar surface area (TPSA) is 37.4 Å². The van der Waals surface area contributed by atoms with Gasteiger partial charge in [0.05, 0.1) is 0 Å². The summed E-state index contributed by atoms with van der Waals surface area (Å²) < 4.78 is 0. The molecule has 1 unspecified atom stereocenters. The van der Waals surface area contributed by atoms with Crippen LogP contribution in [-0.4, -0.2) is 22.6 Å². The van der Waals surface area contributed by atoms with Gasteiger partial charge in [-0.2, -0.15) is 0 Å². The third-order valence-corrected chi connectivity index (χ3v) is 4.58. The zero-order valence-corrected chi connectivity index (χ0v) is 15.4. The van der Waals surface area contributed by atoms with Gasteiger partial charge in [0.15, 0.2) is 5.78 Å². The van der Waals surface area contributed by atoms with Crippen LogP contribution in [0.5, 0.6) is 0 Å². The highest BCUT2D eigenvalue weighted by Crippen LogP contribution is 2.15. The molecule has 132 valence electrons. The lowest BCUT2D eigenvalue weighted by atomic mass is 10.0. The van der Waals surface area contributed by atoms with Crippen LogP contribution in [0.1, 0.15) is 54.6 Å². The van der Waals surface area contributed by atoms with E-state index in [2.05, 4.69) is 13.8 Å². The maximum Gasteiger partial charge on any atom is 0.223 e. The lowest BCUT2D eigenvalue weighted by Gasteiger charge is -2.29. The van der Waals surface area contributed by atoms with Gasteiger partial charge in [-0.3, -0.25) is 9.59 Å². The Balaban J connectivity index is 1.99. The van der Waals surface area contributed by atoms with Crippen LogP contribution >= 0.6 is 0 Å². The Morgan fingerprint density at radius 1 is 0.960 bits per heavy atom. The molecule has 0 aliphatic carbocycles. The van der Waals surface area contributed by atoms with E-state index in [1.807, 2.05) is 66.4 Å². The number of benzene rings is 2. The average molecular weight is 337 g/mol. The van der Waals surface area contributed by atoms with E-state index in [0.717, 1.165) is 17.5 Å². The van der Waals surface area contributed by atoms with Crippen LogP contribution in [-0.2, 0) is 11.3 Å². The third kappa shape index (κ3) is 5.56. The van der Waals surface area contributed by atoms with Gasteiger partial charge in [0.1, 0.15) is 0 Å². The molecular formula is C22H27NO2. The molecule has 0 bridgehead atoms. The van der Waals surface area contributed by atoms with Crippen molar-refractivity contribution in [2.45, 2.75) is 52.6 Å². The Labute approximate surface area is 150 Å². The number of rotatable bonds is 8. The highest BCUT2D eigenvalue weighted by Gasteiger charge is 2.20. The molecule has 0 N–H and O–H groups in total. The summed E-state index contributed by atoms with van der Waals surface area (Å²) in [5.74, 6) is 0.0656. The molecule has 0 heterocycles. The second-order valence-corrected chi connectivity index (χ2v) is 6.55. The van der Waals surface area contributed by atoms with Gasteiger partial charge in [-0.1, -0.05) is 67.1 Å². The van der Waals surface area contributed by atoms with Gasteiger partial charge in [-0.25, -0.2) is 0 Å². The molecule has 0 aliphatic rings. The summed E-state index contributed by atoms with van der Waals surface area (Å²) in [6.07, 6.45) is 1.40. The fraction of sp³-hybridized carbons (Fsp3) is 0.364. The lowest BCUT2D eigenvalue weighted by Crippen LogP contribution is -2.37. The molecule has 3 nitrogen and oxygen atoms in total. The summed E-state index contributed by atoms with van der Waals surface area (Å²) in [6.45, 7) is 6.72. The van der Waals surface area contributed by atoms with Crippen molar-refractivity contribution in [1.29, 1.82) is 0 Å². The molecule has 25 heavy (non-hydrogen) atoms. The number of hydrogen-bond donors (Lipinski definition) is 0. The Bertz CT molecular complexity index is 692. The van der Waals surface area contributed by atoms with E-state index in [9.17, 15) is 9.59 Å². The Morgan fingerprint density at radius 2 is 1.60 bits per heavy atom. The monoisotopic (exact) mass is 337 g/mol. The van der Waals surface area contributed by atoms with Gasteiger partial charge in [-0.15, -0.1) is 0 Å². The van der Waals surface area contributed by atoms with Crippen LogP contribution in [0.3, 0.4) is 0 Å². The van der Waals surface area contributed by atoms with E-state index in [-0.39, 0.29) is 30.6 Å². The number of carbonyl (C=O) groups excluding carboxylic acids is 2. The van der Waals surface area contributed by atoms with E-state index < -0.39 is 0 Å². The Hall–Kier alpha value is -2.42. The normalized spacial score (nSPS) is 11.8. The van der Waals surface area contributed by atoms with Crippen molar-refractivity contribution < 1.29 is 9.59 Å². The summed E-state index contributed by atoms with van der Waals surface area (Å²) in [6, 6.07) is 17.7. The van der Waals surface area contributed by atoms with Crippen molar-refractivity contribution in [1.82, 2.24) is 4.90 Å². The van der Waals surface area contributed by atoms with Crippen molar-refractivity contribution in [2.75, 3.05) is 0 Å². The summed E-state index contributed by atoms with van der Waals surface area (Å²) in [4.78, 5) is 26.9. The number of amides is 1. The van der Waals surface area contributed by atoms with E-state index in [4.69, 9.17) is 0 Å². The van der Waals surface area contributed by atoms with Crippen LogP contribution in [0.2, 0.25) is 0 Å². The predicted molar refractivity (Wildman–Crippen MR) is 101 cm³/mol. The van der Waals surface area contributed by atoms with Crippen LogP contribution in [0.4, 0.5) is 0 Å². The SMILES string of the molecule is CCC(C)N(Cc1ccccc1)C(=O)CCC(=O)c1ccc(C)cc1. The molecule has 0 saturated heterocycles. The number of Topliss-reactive ketones (excluding diaryl/α,β-unsaturated/α-hetero) is 1. The highest BCUT2D eigenvalue weighted by molar-refractivity contribution is 5.98.